The number of carbonyl (C=O) groups excluding carboxylic acids is 1. The van der Waals surface area contributed by atoms with Gasteiger partial charge in [-0.3, -0.25) is 0 Å². The first-order valence-corrected chi connectivity index (χ1v) is 8.29. The Morgan fingerprint density at radius 1 is 1.35 bits per heavy atom. The number of rotatable bonds is 4. The molecule has 1 aliphatic carbocycles. The summed E-state index contributed by atoms with van der Waals surface area (Å²) >= 11 is 5.79. The molecule has 0 aromatic heterocycles. The van der Waals surface area contributed by atoms with Crippen LogP contribution in [0.3, 0.4) is 0 Å². The second-order valence-corrected chi connectivity index (χ2v) is 7.33. The molecule has 4 nitrogen and oxygen atoms in total. The third kappa shape index (κ3) is 5.66. The van der Waals surface area contributed by atoms with Crippen LogP contribution in [0.2, 0.25) is 5.02 Å². The zero-order chi connectivity index (χ0) is 17.0. The standard InChI is InChI=1S/C17H24ClFN2O2/c1-17(2,3)23-16(22)21-15-6-4-5-14(15)20-10-11-7-8-13(19)12(18)9-11/h7-9,14-15,20H,4-6,10H2,1-3H3,(H,21,22). The summed E-state index contributed by atoms with van der Waals surface area (Å²) in [5.74, 6) is -0.416. The van der Waals surface area contributed by atoms with Gasteiger partial charge in [0.1, 0.15) is 11.4 Å². The molecule has 2 N–H and O–H groups in total. The number of carbonyl (C=O) groups is 1. The molecule has 6 heteroatoms. The van der Waals surface area contributed by atoms with Crippen molar-refractivity contribution >= 4 is 17.7 Å². The van der Waals surface area contributed by atoms with Gasteiger partial charge >= 0.3 is 6.09 Å². The van der Waals surface area contributed by atoms with Gasteiger partial charge in [0, 0.05) is 18.6 Å². The minimum Gasteiger partial charge on any atom is -0.444 e. The Morgan fingerprint density at radius 3 is 2.70 bits per heavy atom. The minimum absolute atomic E-state index is 0.0424. The highest BCUT2D eigenvalue weighted by atomic mass is 35.5. The molecule has 0 bridgehead atoms. The number of hydrogen-bond donors (Lipinski definition) is 2. The monoisotopic (exact) mass is 342 g/mol. The minimum atomic E-state index is -0.503. The van der Waals surface area contributed by atoms with E-state index in [-0.39, 0.29) is 23.2 Å². The van der Waals surface area contributed by atoms with Crippen LogP contribution in [0, 0.1) is 5.82 Å². The topological polar surface area (TPSA) is 50.4 Å². The average Bonchev–Trinajstić information content (AvgIpc) is 2.85. The molecule has 0 radical (unpaired) electrons. The second kappa shape index (κ2) is 7.49. The molecular weight excluding hydrogens is 319 g/mol. The average molecular weight is 343 g/mol. The van der Waals surface area contributed by atoms with E-state index in [2.05, 4.69) is 10.6 Å². The van der Waals surface area contributed by atoms with Gasteiger partial charge in [-0.15, -0.1) is 0 Å². The van der Waals surface area contributed by atoms with E-state index in [0.29, 0.717) is 6.54 Å². The lowest BCUT2D eigenvalue weighted by Crippen LogP contribution is -2.47. The Morgan fingerprint density at radius 2 is 2.04 bits per heavy atom. The van der Waals surface area contributed by atoms with Gasteiger partial charge < -0.3 is 15.4 Å². The molecule has 1 aliphatic rings. The molecule has 2 atom stereocenters. The lowest BCUT2D eigenvalue weighted by Gasteiger charge is -2.25. The largest absolute Gasteiger partial charge is 0.444 e. The smallest absolute Gasteiger partial charge is 0.407 e. The zero-order valence-electron chi connectivity index (χ0n) is 13.8. The van der Waals surface area contributed by atoms with Gasteiger partial charge in [-0.2, -0.15) is 0 Å². The Kier molecular flexibility index (Phi) is 5.87. The molecule has 2 unspecified atom stereocenters. The quantitative estimate of drug-likeness (QED) is 0.869. The van der Waals surface area contributed by atoms with Gasteiger partial charge in [0.15, 0.2) is 0 Å². The maximum absolute atomic E-state index is 13.2. The molecule has 0 spiro atoms. The summed E-state index contributed by atoms with van der Waals surface area (Å²) in [5, 5.41) is 6.47. The Hall–Kier alpha value is -1.33. The number of benzene rings is 1. The van der Waals surface area contributed by atoms with E-state index >= 15 is 0 Å². The van der Waals surface area contributed by atoms with Crippen LogP contribution in [0.15, 0.2) is 18.2 Å². The molecule has 1 saturated carbocycles. The van der Waals surface area contributed by atoms with Crippen LogP contribution in [-0.4, -0.2) is 23.8 Å². The van der Waals surface area contributed by atoms with Crippen molar-refractivity contribution < 1.29 is 13.9 Å². The fourth-order valence-corrected chi connectivity index (χ4v) is 2.94. The first kappa shape index (κ1) is 18.0. The Balaban J connectivity index is 1.86. The molecule has 0 saturated heterocycles. The molecule has 1 aromatic rings. The summed E-state index contributed by atoms with van der Waals surface area (Å²) in [6, 6.07) is 4.91. The number of amides is 1. The van der Waals surface area contributed by atoms with Crippen molar-refractivity contribution in [1.82, 2.24) is 10.6 Å². The van der Waals surface area contributed by atoms with E-state index in [4.69, 9.17) is 16.3 Å². The molecule has 1 aromatic carbocycles. The highest BCUT2D eigenvalue weighted by Gasteiger charge is 2.29. The lowest BCUT2D eigenvalue weighted by atomic mass is 10.1. The normalized spacial score (nSPS) is 21.3. The maximum atomic E-state index is 13.2. The summed E-state index contributed by atoms with van der Waals surface area (Å²) in [7, 11) is 0. The Labute approximate surface area is 141 Å². The van der Waals surface area contributed by atoms with Gasteiger partial charge in [0.05, 0.1) is 5.02 Å². The first-order chi connectivity index (χ1) is 10.7. The summed E-state index contributed by atoms with van der Waals surface area (Å²) in [6.45, 7) is 6.11. The zero-order valence-corrected chi connectivity index (χ0v) is 14.5. The van der Waals surface area contributed by atoms with Crippen LogP contribution >= 0.6 is 11.6 Å². The fraction of sp³-hybridized carbons (Fsp3) is 0.588. The van der Waals surface area contributed by atoms with Crippen molar-refractivity contribution in [2.24, 2.45) is 0 Å². The number of nitrogens with one attached hydrogen (secondary N) is 2. The predicted octanol–water partition coefficient (Wildman–Crippen LogP) is 4.01. The first-order valence-electron chi connectivity index (χ1n) is 7.91. The number of halogens is 2. The van der Waals surface area contributed by atoms with E-state index in [1.807, 2.05) is 20.8 Å². The third-order valence-corrected chi connectivity index (χ3v) is 4.06. The molecule has 0 aliphatic heterocycles. The van der Waals surface area contributed by atoms with E-state index in [9.17, 15) is 9.18 Å². The third-order valence-electron chi connectivity index (χ3n) is 3.77. The summed E-state index contributed by atoms with van der Waals surface area (Å²) in [5.41, 5.74) is 0.413. The molecule has 2 rings (SSSR count). The summed E-state index contributed by atoms with van der Waals surface area (Å²) < 4.78 is 18.5. The van der Waals surface area contributed by atoms with Gasteiger partial charge in [-0.05, 0) is 57.7 Å². The van der Waals surface area contributed by atoms with E-state index < -0.39 is 11.4 Å². The van der Waals surface area contributed by atoms with E-state index in [1.165, 1.54) is 6.07 Å². The second-order valence-electron chi connectivity index (χ2n) is 6.92. The number of ether oxygens (including phenoxy) is 1. The summed E-state index contributed by atoms with van der Waals surface area (Å²) in [6.07, 6.45) is 2.56. The SMILES string of the molecule is CC(C)(C)OC(=O)NC1CCCC1NCc1ccc(F)c(Cl)c1. The van der Waals surface area contributed by atoms with Gasteiger partial charge in [0.2, 0.25) is 0 Å². The van der Waals surface area contributed by atoms with Crippen molar-refractivity contribution in [2.45, 2.75) is 64.3 Å². The highest BCUT2D eigenvalue weighted by Crippen LogP contribution is 2.21. The van der Waals surface area contributed by atoms with Gasteiger partial charge in [-0.25, -0.2) is 9.18 Å². The number of hydrogen-bond acceptors (Lipinski definition) is 3. The van der Waals surface area contributed by atoms with Crippen LogP contribution in [-0.2, 0) is 11.3 Å². The van der Waals surface area contributed by atoms with Crippen molar-refractivity contribution in [3.8, 4) is 0 Å². The van der Waals surface area contributed by atoms with Crippen LogP contribution in [0.25, 0.3) is 0 Å². The van der Waals surface area contributed by atoms with Crippen LogP contribution in [0.4, 0.5) is 9.18 Å². The maximum Gasteiger partial charge on any atom is 0.407 e. The predicted molar refractivity (Wildman–Crippen MR) is 89.0 cm³/mol. The number of alkyl carbamates (subject to hydrolysis) is 1. The Bertz CT molecular complexity index is 560. The van der Waals surface area contributed by atoms with Crippen molar-refractivity contribution in [3.05, 3.63) is 34.6 Å². The molecule has 1 fully saturated rings. The molecule has 23 heavy (non-hydrogen) atoms. The van der Waals surface area contributed by atoms with Crippen molar-refractivity contribution in [3.63, 3.8) is 0 Å². The lowest BCUT2D eigenvalue weighted by molar-refractivity contribution is 0.0498. The van der Waals surface area contributed by atoms with Crippen LogP contribution in [0.5, 0.6) is 0 Å². The molecule has 0 heterocycles. The fourth-order valence-electron chi connectivity index (χ4n) is 2.73. The summed E-state index contributed by atoms with van der Waals surface area (Å²) in [4.78, 5) is 11.9. The molecular formula is C17H24ClFN2O2. The van der Waals surface area contributed by atoms with E-state index in [0.717, 1.165) is 24.8 Å². The van der Waals surface area contributed by atoms with Gasteiger partial charge in [-0.1, -0.05) is 17.7 Å². The van der Waals surface area contributed by atoms with Crippen LogP contribution < -0.4 is 10.6 Å². The highest BCUT2D eigenvalue weighted by molar-refractivity contribution is 6.30. The van der Waals surface area contributed by atoms with E-state index in [1.54, 1.807) is 12.1 Å². The van der Waals surface area contributed by atoms with Crippen molar-refractivity contribution in [1.29, 1.82) is 0 Å². The van der Waals surface area contributed by atoms with Gasteiger partial charge in [0.25, 0.3) is 0 Å². The van der Waals surface area contributed by atoms with Crippen LogP contribution in [0.1, 0.15) is 45.6 Å². The van der Waals surface area contributed by atoms with Crippen molar-refractivity contribution in [2.75, 3.05) is 0 Å². The molecule has 1 amide bonds. The molecule has 128 valence electrons.